The van der Waals surface area contributed by atoms with Gasteiger partial charge >= 0.3 is 0 Å². The van der Waals surface area contributed by atoms with Crippen molar-refractivity contribution in [3.05, 3.63) is 241 Å². The molecule has 0 saturated heterocycles. The number of ether oxygens (including phenoxy) is 2. The van der Waals surface area contributed by atoms with Gasteiger partial charge in [-0.3, -0.25) is 0 Å². The Morgan fingerprint density at radius 1 is 0.382 bits per heavy atom. The number of hydrogen-bond acceptors (Lipinski definition) is 4. The van der Waals surface area contributed by atoms with Gasteiger partial charge in [0.25, 0.3) is 0 Å². The molecule has 0 saturated carbocycles. The first kappa shape index (κ1) is 38.6. The Morgan fingerprint density at radius 3 is 1.71 bits per heavy atom. The SMILES string of the molecule is C1=CC2=C(CC1)OC1=C(CCC=C1)N2c1ccc2c(-c3cccc4ccccc34)c3cc(N4c5ccccc5Oc5ccccc54)ccc3c(-c3ccc(-c4ccccc4)c4ccccc34)c2c1. The fourth-order valence-corrected chi connectivity index (χ4v) is 11.3. The molecule has 2 aliphatic heterocycles. The van der Waals surface area contributed by atoms with Gasteiger partial charge in [0.15, 0.2) is 11.5 Å². The van der Waals surface area contributed by atoms with Crippen LogP contribution in [-0.4, -0.2) is 0 Å². The molecule has 10 aromatic carbocycles. The van der Waals surface area contributed by atoms with E-state index in [1.54, 1.807) is 0 Å². The summed E-state index contributed by atoms with van der Waals surface area (Å²) in [5.41, 5.74) is 13.8. The summed E-state index contributed by atoms with van der Waals surface area (Å²) >= 11 is 0. The predicted octanol–water partition coefficient (Wildman–Crippen LogP) is 17.8. The van der Waals surface area contributed by atoms with E-state index in [4.69, 9.17) is 9.47 Å². The summed E-state index contributed by atoms with van der Waals surface area (Å²) in [7, 11) is 0. The average molecular weight is 873 g/mol. The van der Waals surface area contributed by atoms with Crippen molar-refractivity contribution in [3.8, 4) is 44.9 Å². The van der Waals surface area contributed by atoms with E-state index < -0.39 is 0 Å². The molecule has 0 N–H and O–H groups in total. The zero-order valence-corrected chi connectivity index (χ0v) is 37.3. The third kappa shape index (κ3) is 6.00. The maximum absolute atomic E-state index is 6.67. The molecule has 2 aliphatic carbocycles. The second-order valence-electron chi connectivity index (χ2n) is 18.1. The standard InChI is InChI=1S/C64H44N2O2/c1-2-17-41(18-3-1)46-37-38-50(48-23-7-6-22-47(46)48)64-52-36-34-43(65-55-25-8-12-29-59(55)67-60-30-13-9-26-56(60)65)39-53(52)63(49-24-16-20-42-19-4-5-21-45(42)49)51-35-33-44(40-54(51)64)66-57-27-10-14-31-61(57)68-62-32-15-11-28-58(62)66/h1-10,12-13,15-27,29-30,32-40H,11,14,28,31H2. The van der Waals surface area contributed by atoms with Gasteiger partial charge in [0, 0.05) is 17.8 Å². The Labute approximate surface area is 395 Å². The second kappa shape index (κ2) is 15.5. The van der Waals surface area contributed by atoms with E-state index in [1.807, 2.05) is 12.1 Å². The van der Waals surface area contributed by atoms with E-state index in [9.17, 15) is 0 Å². The highest BCUT2D eigenvalue weighted by molar-refractivity contribution is 6.26. The molecule has 4 aliphatic rings. The maximum atomic E-state index is 6.67. The fourth-order valence-electron chi connectivity index (χ4n) is 11.3. The highest BCUT2D eigenvalue weighted by Gasteiger charge is 2.32. The van der Waals surface area contributed by atoms with Crippen LogP contribution >= 0.6 is 0 Å². The lowest BCUT2D eigenvalue weighted by atomic mass is 9.82. The highest BCUT2D eigenvalue weighted by Crippen LogP contribution is 2.54. The maximum Gasteiger partial charge on any atom is 0.151 e. The summed E-state index contributed by atoms with van der Waals surface area (Å²) in [5.74, 6) is 3.66. The second-order valence-corrected chi connectivity index (χ2v) is 18.1. The highest BCUT2D eigenvalue weighted by atomic mass is 16.5. The number of fused-ring (bicyclic) bond motifs is 6. The predicted molar refractivity (Wildman–Crippen MR) is 282 cm³/mol. The molecule has 0 radical (unpaired) electrons. The molecular weight excluding hydrogens is 829 g/mol. The molecular formula is C64H44N2O2. The van der Waals surface area contributed by atoms with Crippen molar-refractivity contribution in [2.24, 2.45) is 0 Å². The summed E-state index contributed by atoms with van der Waals surface area (Å²) in [4.78, 5) is 4.86. The van der Waals surface area contributed by atoms with E-state index in [2.05, 4.69) is 216 Å². The Balaban J connectivity index is 1.13. The number of allylic oxidation sites excluding steroid dienone is 6. The quantitative estimate of drug-likeness (QED) is 0.161. The number of rotatable bonds is 5. The van der Waals surface area contributed by atoms with E-state index >= 15 is 0 Å². The average Bonchev–Trinajstić information content (AvgIpc) is 3.40. The van der Waals surface area contributed by atoms with Crippen LogP contribution in [-0.2, 0) is 4.74 Å². The minimum Gasteiger partial charge on any atom is -0.458 e. The van der Waals surface area contributed by atoms with Gasteiger partial charge in [-0.2, -0.15) is 0 Å². The van der Waals surface area contributed by atoms with Gasteiger partial charge in [0.05, 0.1) is 22.8 Å². The Morgan fingerprint density at radius 2 is 0.956 bits per heavy atom. The van der Waals surface area contributed by atoms with Crippen LogP contribution in [0.2, 0.25) is 0 Å². The van der Waals surface area contributed by atoms with Gasteiger partial charge in [-0.1, -0.05) is 158 Å². The number of benzene rings is 10. The minimum absolute atomic E-state index is 0.832. The van der Waals surface area contributed by atoms with Crippen LogP contribution in [0.4, 0.5) is 22.7 Å². The molecule has 0 amide bonds. The van der Waals surface area contributed by atoms with Gasteiger partial charge < -0.3 is 19.3 Å². The first-order chi connectivity index (χ1) is 33.7. The van der Waals surface area contributed by atoms with Gasteiger partial charge in [0.1, 0.15) is 11.5 Å². The fraction of sp³-hybridized carbons (Fsp3) is 0.0625. The zero-order chi connectivity index (χ0) is 44.7. The Kier molecular flexibility index (Phi) is 8.81. The number of hydrogen-bond donors (Lipinski definition) is 0. The molecule has 0 atom stereocenters. The lowest BCUT2D eigenvalue weighted by molar-refractivity contribution is 0.281. The molecule has 68 heavy (non-hydrogen) atoms. The topological polar surface area (TPSA) is 24.9 Å². The minimum atomic E-state index is 0.832. The van der Waals surface area contributed by atoms with Crippen LogP contribution in [0.5, 0.6) is 11.5 Å². The molecule has 4 heteroatoms. The third-order valence-corrected chi connectivity index (χ3v) is 14.3. The summed E-state index contributed by atoms with van der Waals surface area (Å²) in [6.45, 7) is 0. The van der Waals surface area contributed by atoms with Crippen molar-refractivity contribution in [2.75, 3.05) is 9.80 Å². The Bertz CT molecular complexity index is 3820. The summed E-state index contributed by atoms with van der Waals surface area (Å²) in [5, 5.41) is 9.64. The molecule has 2 heterocycles. The van der Waals surface area contributed by atoms with Gasteiger partial charge in [-0.25, -0.2) is 0 Å². The third-order valence-electron chi connectivity index (χ3n) is 14.3. The monoisotopic (exact) mass is 872 g/mol. The number of nitrogens with zero attached hydrogens (tertiary/aromatic N) is 2. The molecule has 322 valence electrons. The molecule has 14 rings (SSSR count). The largest absolute Gasteiger partial charge is 0.458 e. The Hall–Kier alpha value is -8.60. The summed E-state index contributed by atoms with van der Waals surface area (Å²) in [6.07, 6.45) is 12.7. The van der Waals surface area contributed by atoms with Crippen LogP contribution in [0.1, 0.15) is 25.7 Å². The number of anilines is 4. The van der Waals surface area contributed by atoms with E-state index in [1.165, 1.54) is 82.2 Å². The van der Waals surface area contributed by atoms with E-state index in [0.29, 0.717) is 0 Å². The van der Waals surface area contributed by atoms with Gasteiger partial charge in [-0.15, -0.1) is 0 Å². The molecule has 4 nitrogen and oxygen atoms in total. The van der Waals surface area contributed by atoms with Crippen LogP contribution in [0.15, 0.2) is 241 Å². The van der Waals surface area contributed by atoms with Crippen LogP contribution in [0.3, 0.4) is 0 Å². The molecule has 10 aromatic rings. The van der Waals surface area contributed by atoms with Crippen molar-refractivity contribution >= 4 is 65.8 Å². The van der Waals surface area contributed by atoms with Crippen molar-refractivity contribution in [1.82, 2.24) is 0 Å². The van der Waals surface area contributed by atoms with Gasteiger partial charge in [-0.05, 0) is 156 Å². The van der Waals surface area contributed by atoms with E-state index in [-0.39, 0.29) is 0 Å². The molecule has 0 bridgehead atoms. The summed E-state index contributed by atoms with van der Waals surface area (Å²) < 4.78 is 13.2. The molecule has 0 aromatic heterocycles. The van der Waals surface area contributed by atoms with Crippen LogP contribution < -0.4 is 14.5 Å². The van der Waals surface area contributed by atoms with Crippen molar-refractivity contribution < 1.29 is 9.47 Å². The first-order valence-corrected chi connectivity index (χ1v) is 23.8. The smallest absolute Gasteiger partial charge is 0.151 e. The van der Waals surface area contributed by atoms with Crippen LogP contribution in [0.25, 0.3) is 76.5 Å². The molecule has 0 spiro atoms. The molecule has 0 fully saturated rings. The summed E-state index contributed by atoms with van der Waals surface area (Å²) in [6, 6.07) is 71.1. The van der Waals surface area contributed by atoms with Crippen molar-refractivity contribution in [3.63, 3.8) is 0 Å². The lowest BCUT2D eigenvalue weighted by Crippen LogP contribution is -2.29. The van der Waals surface area contributed by atoms with Crippen molar-refractivity contribution in [2.45, 2.75) is 25.7 Å². The number of para-hydroxylation sites is 4. The van der Waals surface area contributed by atoms with Crippen molar-refractivity contribution in [1.29, 1.82) is 0 Å². The first-order valence-electron chi connectivity index (χ1n) is 23.8. The molecule has 0 unspecified atom stereocenters. The van der Waals surface area contributed by atoms with E-state index in [0.717, 1.165) is 77.1 Å². The van der Waals surface area contributed by atoms with Gasteiger partial charge in [0.2, 0.25) is 0 Å². The zero-order valence-electron chi connectivity index (χ0n) is 37.3. The van der Waals surface area contributed by atoms with Crippen LogP contribution in [0, 0.1) is 0 Å². The normalized spacial score (nSPS) is 15.1. The lowest BCUT2D eigenvalue weighted by Gasteiger charge is -2.38.